The second-order valence-electron chi connectivity index (χ2n) is 5.33. The number of benzene rings is 1. The smallest absolute Gasteiger partial charge is 0.339 e. The van der Waals surface area contributed by atoms with E-state index in [-0.39, 0.29) is 18.0 Å². The summed E-state index contributed by atoms with van der Waals surface area (Å²) in [6, 6.07) is 8.84. The third kappa shape index (κ3) is 4.39. The zero-order chi connectivity index (χ0) is 17.0. The molecule has 0 unspecified atom stereocenters. The first-order valence-corrected chi connectivity index (χ1v) is 8.13. The molecule has 2 aromatic rings. The van der Waals surface area contributed by atoms with Crippen molar-refractivity contribution in [3.05, 3.63) is 53.0 Å². The predicted molar refractivity (Wildman–Crippen MR) is 89.0 cm³/mol. The van der Waals surface area contributed by atoms with Crippen molar-refractivity contribution in [3.63, 3.8) is 0 Å². The average Bonchev–Trinajstić information content (AvgIpc) is 2.86. The van der Waals surface area contributed by atoms with Crippen molar-refractivity contribution in [2.75, 3.05) is 0 Å². The Morgan fingerprint density at radius 3 is 2.57 bits per heavy atom. The first-order valence-electron chi connectivity index (χ1n) is 7.25. The van der Waals surface area contributed by atoms with Crippen LogP contribution in [0.1, 0.15) is 46.1 Å². The van der Waals surface area contributed by atoms with E-state index in [1.165, 1.54) is 6.07 Å². The van der Waals surface area contributed by atoms with Gasteiger partial charge in [0.25, 0.3) is 5.91 Å². The van der Waals surface area contributed by atoms with Crippen molar-refractivity contribution in [3.8, 4) is 0 Å². The lowest BCUT2D eigenvalue weighted by Gasteiger charge is -2.10. The third-order valence-electron chi connectivity index (χ3n) is 3.12. The number of furan rings is 1. The van der Waals surface area contributed by atoms with Gasteiger partial charge in [-0.3, -0.25) is 4.79 Å². The topological polar surface area (TPSA) is 79.5 Å². The van der Waals surface area contributed by atoms with Crippen LogP contribution in [-0.4, -0.2) is 22.2 Å². The molecule has 0 atom stereocenters. The molecule has 0 radical (unpaired) electrons. The molecule has 23 heavy (non-hydrogen) atoms. The molecule has 0 aliphatic rings. The summed E-state index contributed by atoms with van der Waals surface area (Å²) in [4.78, 5) is 24.3. The molecule has 0 fully saturated rings. The molecule has 6 heteroatoms. The van der Waals surface area contributed by atoms with Crippen LogP contribution < -0.4 is 5.32 Å². The summed E-state index contributed by atoms with van der Waals surface area (Å²) in [6.07, 6.45) is 0. The van der Waals surface area contributed by atoms with E-state index in [0.717, 1.165) is 4.90 Å². The van der Waals surface area contributed by atoms with Crippen molar-refractivity contribution in [2.45, 2.75) is 37.5 Å². The van der Waals surface area contributed by atoms with Gasteiger partial charge in [-0.2, -0.15) is 0 Å². The van der Waals surface area contributed by atoms with Crippen LogP contribution in [0.4, 0.5) is 0 Å². The number of nitrogens with one attached hydrogen (secondary N) is 1. The molecule has 0 spiro atoms. The minimum Gasteiger partial charge on any atom is -0.478 e. The number of hydrogen-bond donors (Lipinski definition) is 2. The largest absolute Gasteiger partial charge is 0.478 e. The van der Waals surface area contributed by atoms with Gasteiger partial charge in [-0.25, -0.2) is 4.79 Å². The number of carbonyl (C=O) groups excluding carboxylic acids is 1. The van der Waals surface area contributed by atoms with Gasteiger partial charge in [0.2, 0.25) is 0 Å². The molecular weight excluding hydrogens is 314 g/mol. The first-order chi connectivity index (χ1) is 10.9. The Morgan fingerprint density at radius 1 is 1.26 bits per heavy atom. The molecule has 0 saturated heterocycles. The maximum Gasteiger partial charge on any atom is 0.339 e. The fourth-order valence-corrected chi connectivity index (χ4v) is 3.07. The van der Waals surface area contributed by atoms with E-state index >= 15 is 0 Å². The number of hydrogen-bond acceptors (Lipinski definition) is 4. The van der Waals surface area contributed by atoms with Crippen LogP contribution in [0, 0.1) is 6.92 Å². The molecule has 0 bridgehead atoms. The van der Waals surface area contributed by atoms with Gasteiger partial charge in [0.1, 0.15) is 17.1 Å². The molecule has 0 aliphatic heterocycles. The van der Waals surface area contributed by atoms with Gasteiger partial charge < -0.3 is 14.8 Å². The van der Waals surface area contributed by atoms with E-state index in [0.29, 0.717) is 22.3 Å². The Morgan fingerprint density at radius 2 is 1.96 bits per heavy atom. The zero-order valence-electron chi connectivity index (χ0n) is 13.3. The minimum atomic E-state index is -1.04. The number of carboxylic acids is 1. The van der Waals surface area contributed by atoms with Crippen LogP contribution in [0.3, 0.4) is 0 Å². The Kier molecular flexibility index (Phi) is 5.50. The van der Waals surface area contributed by atoms with E-state index in [1.54, 1.807) is 24.8 Å². The highest BCUT2D eigenvalue weighted by Gasteiger charge is 2.16. The van der Waals surface area contributed by atoms with Crippen LogP contribution >= 0.6 is 11.8 Å². The Balaban J connectivity index is 2.08. The van der Waals surface area contributed by atoms with Gasteiger partial charge >= 0.3 is 5.97 Å². The van der Waals surface area contributed by atoms with Gasteiger partial charge in [-0.15, -0.1) is 11.8 Å². The van der Waals surface area contributed by atoms with E-state index in [2.05, 4.69) is 19.2 Å². The molecule has 1 aromatic carbocycles. The maximum absolute atomic E-state index is 12.4. The Labute approximate surface area is 139 Å². The van der Waals surface area contributed by atoms with Crippen molar-refractivity contribution in [1.82, 2.24) is 5.32 Å². The highest BCUT2D eigenvalue weighted by molar-refractivity contribution is 8.00. The Hall–Kier alpha value is -2.21. The van der Waals surface area contributed by atoms with Crippen molar-refractivity contribution in [2.24, 2.45) is 0 Å². The summed E-state index contributed by atoms with van der Waals surface area (Å²) >= 11 is 1.62. The maximum atomic E-state index is 12.4. The average molecular weight is 333 g/mol. The van der Waals surface area contributed by atoms with Crippen LogP contribution in [0.15, 0.2) is 39.6 Å². The van der Waals surface area contributed by atoms with Gasteiger partial charge in [-0.05, 0) is 25.1 Å². The van der Waals surface area contributed by atoms with E-state index in [4.69, 9.17) is 9.52 Å². The number of thioether (sulfide) groups is 1. The van der Waals surface area contributed by atoms with Gasteiger partial charge in [0, 0.05) is 10.1 Å². The lowest BCUT2D eigenvalue weighted by atomic mass is 10.2. The number of carboxylic acid groups (broad SMARTS) is 1. The van der Waals surface area contributed by atoms with Crippen molar-refractivity contribution < 1.29 is 19.1 Å². The summed E-state index contributed by atoms with van der Waals surface area (Å²) < 4.78 is 5.36. The second-order valence-corrected chi connectivity index (χ2v) is 6.95. The predicted octanol–water partition coefficient (Wildman–Crippen LogP) is 3.72. The molecule has 1 amide bonds. The van der Waals surface area contributed by atoms with Crippen LogP contribution in [0.2, 0.25) is 0 Å². The van der Waals surface area contributed by atoms with E-state index < -0.39 is 5.97 Å². The summed E-state index contributed by atoms with van der Waals surface area (Å²) in [7, 11) is 0. The minimum absolute atomic E-state index is 0.116. The lowest BCUT2D eigenvalue weighted by Crippen LogP contribution is -2.23. The molecule has 1 heterocycles. The number of carbonyl (C=O) groups is 2. The molecule has 5 nitrogen and oxygen atoms in total. The molecule has 2 rings (SSSR count). The fraction of sp³-hybridized carbons (Fsp3) is 0.294. The van der Waals surface area contributed by atoms with Crippen molar-refractivity contribution >= 4 is 23.6 Å². The van der Waals surface area contributed by atoms with Crippen LogP contribution in [0.5, 0.6) is 0 Å². The normalized spacial score (nSPS) is 10.8. The van der Waals surface area contributed by atoms with Gasteiger partial charge in [-0.1, -0.05) is 26.0 Å². The molecule has 122 valence electrons. The number of aryl methyl sites for hydroxylation is 1. The highest BCUT2D eigenvalue weighted by Crippen LogP contribution is 2.26. The zero-order valence-corrected chi connectivity index (χ0v) is 14.1. The summed E-state index contributed by atoms with van der Waals surface area (Å²) in [6.45, 7) is 5.87. The van der Waals surface area contributed by atoms with Crippen molar-refractivity contribution in [1.29, 1.82) is 0 Å². The molecular formula is C17H19NO4S. The monoisotopic (exact) mass is 333 g/mol. The molecule has 2 N–H and O–H groups in total. The van der Waals surface area contributed by atoms with Crippen LogP contribution in [0.25, 0.3) is 0 Å². The van der Waals surface area contributed by atoms with Crippen LogP contribution in [-0.2, 0) is 6.54 Å². The van der Waals surface area contributed by atoms with Gasteiger partial charge in [0.05, 0.1) is 12.1 Å². The van der Waals surface area contributed by atoms with E-state index in [1.807, 2.05) is 18.2 Å². The summed E-state index contributed by atoms with van der Waals surface area (Å²) in [5.74, 6) is -0.498. The highest BCUT2D eigenvalue weighted by atomic mass is 32.2. The van der Waals surface area contributed by atoms with Gasteiger partial charge in [0.15, 0.2) is 0 Å². The number of aromatic carboxylic acids is 1. The third-order valence-corrected chi connectivity index (χ3v) is 4.20. The fourth-order valence-electron chi connectivity index (χ4n) is 2.12. The second kappa shape index (κ2) is 7.37. The molecule has 0 saturated carbocycles. The molecule has 1 aromatic heterocycles. The Bertz CT molecular complexity index is 721. The quantitative estimate of drug-likeness (QED) is 0.788. The SMILES string of the molecule is Cc1oc(CNC(=O)c2ccccc2SC(C)C)cc1C(=O)O. The number of rotatable bonds is 6. The standard InChI is InChI=1S/C17H19NO4S/c1-10(2)23-15-7-5-4-6-13(15)16(19)18-9-12-8-14(17(20)21)11(3)22-12/h4-8,10H,9H2,1-3H3,(H,18,19)(H,20,21). The lowest BCUT2D eigenvalue weighted by molar-refractivity contribution is 0.0694. The summed E-state index contributed by atoms with van der Waals surface area (Å²) in [5.41, 5.74) is 0.720. The van der Waals surface area contributed by atoms with E-state index in [9.17, 15) is 9.59 Å². The number of amides is 1. The molecule has 0 aliphatic carbocycles. The summed E-state index contributed by atoms with van der Waals surface area (Å²) in [5, 5.41) is 12.1. The first kappa shape index (κ1) is 17.1.